The molecule has 0 aliphatic rings. The average Bonchev–Trinajstić information content (AvgIpc) is 2.48. The van der Waals surface area contributed by atoms with Crippen molar-refractivity contribution in [2.75, 3.05) is 16.8 Å². The van der Waals surface area contributed by atoms with Gasteiger partial charge in [-0.05, 0) is 30.3 Å². The number of nitrogens with one attached hydrogen (secondary N) is 1. The minimum atomic E-state index is -0.497. The van der Waals surface area contributed by atoms with Gasteiger partial charge < -0.3 is 11.1 Å². The van der Waals surface area contributed by atoms with Crippen molar-refractivity contribution in [2.24, 2.45) is 0 Å². The molecule has 0 saturated heterocycles. The molecule has 5 heteroatoms. The molecule has 0 unspecified atom stereocenters. The molecule has 0 atom stereocenters. The molecule has 0 spiro atoms. The van der Waals surface area contributed by atoms with E-state index in [9.17, 15) is 9.18 Å². The van der Waals surface area contributed by atoms with Gasteiger partial charge in [-0.25, -0.2) is 4.39 Å². The summed E-state index contributed by atoms with van der Waals surface area (Å²) in [6.45, 7) is 3.67. The Bertz CT molecular complexity index is 673. The Morgan fingerprint density at radius 2 is 2.10 bits per heavy atom. The first-order valence-corrected chi connectivity index (χ1v) is 7.29. The number of nitrogens with two attached hydrogens (primary N) is 1. The Labute approximate surface area is 127 Å². The number of anilines is 2. The Morgan fingerprint density at radius 3 is 2.86 bits per heavy atom. The van der Waals surface area contributed by atoms with E-state index in [1.807, 2.05) is 18.2 Å². The minimum Gasteiger partial charge on any atom is -0.398 e. The van der Waals surface area contributed by atoms with Crippen molar-refractivity contribution < 1.29 is 9.18 Å². The van der Waals surface area contributed by atoms with Crippen molar-refractivity contribution >= 4 is 29.0 Å². The van der Waals surface area contributed by atoms with E-state index in [0.29, 0.717) is 5.69 Å². The van der Waals surface area contributed by atoms with Gasteiger partial charge in [-0.15, -0.1) is 18.3 Å². The van der Waals surface area contributed by atoms with Crippen LogP contribution in [-0.2, 0) is 0 Å². The molecule has 3 nitrogen and oxygen atoms in total. The van der Waals surface area contributed by atoms with Crippen LogP contribution < -0.4 is 11.1 Å². The monoisotopic (exact) mass is 302 g/mol. The summed E-state index contributed by atoms with van der Waals surface area (Å²) in [5.74, 6) is -0.197. The summed E-state index contributed by atoms with van der Waals surface area (Å²) in [5, 5.41) is 2.76. The highest BCUT2D eigenvalue weighted by atomic mass is 32.2. The molecule has 108 valence electrons. The number of rotatable bonds is 5. The van der Waals surface area contributed by atoms with Crippen LogP contribution in [0.15, 0.2) is 60.0 Å². The predicted octanol–water partition coefficient (Wildman–Crippen LogP) is 3.94. The van der Waals surface area contributed by atoms with Crippen LogP contribution in [0.4, 0.5) is 15.8 Å². The number of nitrogen functional groups attached to an aromatic ring is 1. The summed E-state index contributed by atoms with van der Waals surface area (Å²) < 4.78 is 13.2. The lowest BCUT2D eigenvalue weighted by atomic mass is 10.1. The van der Waals surface area contributed by atoms with Crippen LogP contribution >= 0.6 is 11.8 Å². The van der Waals surface area contributed by atoms with E-state index >= 15 is 0 Å². The molecule has 1 amide bonds. The Balaban J connectivity index is 2.23. The summed E-state index contributed by atoms with van der Waals surface area (Å²) in [4.78, 5) is 13.1. The van der Waals surface area contributed by atoms with E-state index in [-0.39, 0.29) is 11.3 Å². The van der Waals surface area contributed by atoms with Crippen LogP contribution in [-0.4, -0.2) is 11.7 Å². The maximum absolute atomic E-state index is 13.2. The van der Waals surface area contributed by atoms with Crippen LogP contribution in [0.25, 0.3) is 0 Å². The first-order valence-electron chi connectivity index (χ1n) is 6.31. The number of para-hydroxylation sites is 1. The highest BCUT2D eigenvalue weighted by Crippen LogP contribution is 2.27. The molecular formula is C16H15FN2OS. The second-order valence-corrected chi connectivity index (χ2v) is 5.34. The van der Waals surface area contributed by atoms with E-state index in [1.165, 1.54) is 12.1 Å². The molecule has 0 aliphatic carbocycles. The molecule has 0 radical (unpaired) electrons. The highest BCUT2D eigenvalue weighted by Gasteiger charge is 2.13. The van der Waals surface area contributed by atoms with E-state index < -0.39 is 11.7 Å². The molecule has 0 heterocycles. The number of carbonyl (C=O) groups is 1. The first kappa shape index (κ1) is 15.1. The fourth-order valence-corrected chi connectivity index (χ4v) is 2.51. The van der Waals surface area contributed by atoms with E-state index in [4.69, 9.17) is 5.73 Å². The zero-order chi connectivity index (χ0) is 15.2. The first-order chi connectivity index (χ1) is 10.1. The van der Waals surface area contributed by atoms with E-state index in [0.717, 1.165) is 16.7 Å². The molecule has 0 aromatic heterocycles. The lowest BCUT2D eigenvalue weighted by Gasteiger charge is -2.11. The molecule has 3 N–H and O–H groups in total. The quantitative estimate of drug-likeness (QED) is 0.500. The SMILES string of the molecule is C=CCSc1ccccc1NC(=O)c1cc(F)ccc1N. The fraction of sp³-hybridized carbons (Fsp3) is 0.0625. The molecule has 0 fully saturated rings. The minimum absolute atomic E-state index is 0.124. The smallest absolute Gasteiger partial charge is 0.257 e. The van der Waals surface area contributed by atoms with Gasteiger partial charge >= 0.3 is 0 Å². The molecule has 21 heavy (non-hydrogen) atoms. The van der Waals surface area contributed by atoms with E-state index in [1.54, 1.807) is 23.9 Å². The van der Waals surface area contributed by atoms with Gasteiger partial charge in [0.15, 0.2) is 0 Å². The van der Waals surface area contributed by atoms with Crippen LogP contribution in [0, 0.1) is 5.82 Å². The van der Waals surface area contributed by atoms with Crippen LogP contribution in [0.3, 0.4) is 0 Å². The molecule has 0 saturated carbocycles. The molecule has 0 aliphatic heterocycles. The topological polar surface area (TPSA) is 55.1 Å². The maximum Gasteiger partial charge on any atom is 0.257 e. The summed E-state index contributed by atoms with van der Waals surface area (Å²) in [6.07, 6.45) is 1.79. The molecule has 2 aromatic carbocycles. The highest BCUT2D eigenvalue weighted by molar-refractivity contribution is 7.99. The van der Waals surface area contributed by atoms with Gasteiger partial charge in [-0.2, -0.15) is 0 Å². The zero-order valence-corrected chi connectivity index (χ0v) is 12.1. The number of halogens is 1. The van der Waals surface area contributed by atoms with Gasteiger partial charge in [0.2, 0.25) is 0 Å². The Morgan fingerprint density at radius 1 is 1.33 bits per heavy atom. The fourth-order valence-electron chi connectivity index (χ4n) is 1.76. The van der Waals surface area contributed by atoms with Gasteiger partial charge in [0.25, 0.3) is 5.91 Å². The van der Waals surface area contributed by atoms with Gasteiger partial charge in [0, 0.05) is 16.3 Å². The third-order valence-electron chi connectivity index (χ3n) is 2.75. The third-order valence-corrected chi connectivity index (χ3v) is 3.82. The van der Waals surface area contributed by atoms with Crippen LogP contribution in [0.2, 0.25) is 0 Å². The van der Waals surface area contributed by atoms with Gasteiger partial charge in [0.05, 0.1) is 11.3 Å². The second-order valence-electron chi connectivity index (χ2n) is 4.28. The van der Waals surface area contributed by atoms with Crippen molar-refractivity contribution in [3.63, 3.8) is 0 Å². The Hall–Kier alpha value is -2.27. The summed E-state index contributed by atoms with van der Waals surface area (Å²) in [7, 11) is 0. The largest absolute Gasteiger partial charge is 0.398 e. The van der Waals surface area contributed by atoms with Crippen molar-refractivity contribution in [2.45, 2.75) is 4.90 Å². The predicted molar refractivity (Wildman–Crippen MR) is 86.1 cm³/mol. The number of hydrogen-bond donors (Lipinski definition) is 2. The summed E-state index contributed by atoms with van der Waals surface area (Å²) in [5.41, 5.74) is 6.75. The average molecular weight is 302 g/mol. The molecule has 2 rings (SSSR count). The maximum atomic E-state index is 13.2. The summed E-state index contributed by atoms with van der Waals surface area (Å²) >= 11 is 1.55. The number of amides is 1. The third kappa shape index (κ3) is 3.86. The van der Waals surface area contributed by atoms with Gasteiger partial charge in [0.1, 0.15) is 5.82 Å². The lowest BCUT2D eigenvalue weighted by Crippen LogP contribution is -2.14. The van der Waals surface area contributed by atoms with Crippen LogP contribution in [0.1, 0.15) is 10.4 Å². The number of benzene rings is 2. The summed E-state index contributed by atoms with van der Waals surface area (Å²) in [6, 6.07) is 11.1. The van der Waals surface area contributed by atoms with E-state index in [2.05, 4.69) is 11.9 Å². The van der Waals surface area contributed by atoms with Crippen molar-refractivity contribution in [3.05, 3.63) is 66.5 Å². The van der Waals surface area contributed by atoms with Crippen molar-refractivity contribution in [1.29, 1.82) is 0 Å². The molecular weight excluding hydrogens is 287 g/mol. The molecule has 2 aromatic rings. The van der Waals surface area contributed by atoms with Crippen LogP contribution in [0.5, 0.6) is 0 Å². The van der Waals surface area contributed by atoms with Crippen molar-refractivity contribution in [3.8, 4) is 0 Å². The normalized spacial score (nSPS) is 10.1. The van der Waals surface area contributed by atoms with Gasteiger partial charge in [-0.1, -0.05) is 18.2 Å². The number of hydrogen-bond acceptors (Lipinski definition) is 3. The number of thioether (sulfide) groups is 1. The second kappa shape index (κ2) is 6.95. The Kier molecular flexibility index (Phi) is 5.00. The van der Waals surface area contributed by atoms with Crippen molar-refractivity contribution in [1.82, 2.24) is 0 Å². The van der Waals surface area contributed by atoms with Gasteiger partial charge in [-0.3, -0.25) is 4.79 Å². The standard InChI is InChI=1S/C16H15FN2OS/c1-2-9-21-15-6-4-3-5-14(15)19-16(20)12-10-11(17)7-8-13(12)18/h2-8,10H,1,9,18H2,(H,19,20). The number of carbonyl (C=O) groups excluding carboxylic acids is 1. The zero-order valence-electron chi connectivity index (χ0n) is 11.3. The molecule has 0 bridgehead atoms. The lowest BCUT2D eigenvalue weighted by molar-refractivity contribution is 0.102.